The van der Waals surface area contributed by atoms with Gasteiger partial charge in [0.15, 0.2) is 0 Å². The molecule has 6 heteroatoms. The molecule has 0 saturated carbocycles. The first-order valence-corrected chi connectivity index (χ1v) is 12.6. The number of ether oxygens (including phenoxy) is 4. The molecule has 0 aliphatic carbocycles. The summed E-state index contributed by atoms with van der Waals surface area (Å²) in [6, 6.07) is 26.6. The Kier molecular flexibility index (Phi) is 7.51. The van der Waals surface area contributed by atoms with Crippen LogP contribution in [0.3, 0.4) is 0 Å². The summed E-state index contributed by atoms with van der Waals surface area (Å²) in [4.78, 5) is 25.1. The number of hydrogen-bond donors (Lipinski definition) is 0. The molecular formula is C34H28O6. The third-order valence-corrected chi connectivity index (χ3v) is 6.90. The first-order valence-electron chi connectivity index (χ1n) is 12.6. The van der Waals surface area contributed by atoms with E-state index >= 15 is 0 Å². The SMILES string of the molecule is COC(=O)c1ccc2/c(=C\c3ccc(OC)cc3)c3cc(C(=O)OC)ccc3/c(=C/c3ccc(OC)cc3)c2c1. The Morgan fingerprint density at radius 3 is 1.20 bits per heavy atom. The van der Waals surface area contributed by atoms with E-state index in [1.807, 2.05) is 72.8 Å². The number of fused-ring (bicyclic) bond motifs is 2. The van der Waals surface area contributed by atoms with E-state index in [2.05, 4.69) is 12.2 Å². The molecule has 0 aliphatic rings. The molecule has 0 saturated heterocycles. The van der Waals surface area contributed by atoms with Crippen LogP contribution in [0.1, 0.15) is 31.8 Å². The van der Waals surface area contributed by atoms with Gasteiger partial charge in [0.2, 0.25) is 0 Å². The van der Waals surface area contributed by atoms with E-state index in [1.165, 1.54) is 14.2 Å². The van der Waals surface area contributed by atoms with Crippen LogP contribution in [0.2, 0.25) is 0 Å². The van der Waals surface area contributed by atoms with E-state index in [0.717, 1.165) is 54.6 Å². The van der Waals surface area contributed by atoms with E-state index in [0.29, 0.717) is 11.1 Å². The maximum absolute atomic E-state index is 12.5. The van der Waals surface area contributed by atoms with E-state index in [4.69, 9.17) is 18.9 Å². The Morgan fingerprint density at radius 1 is 0.500 bits per heavy atom. The maximum Gasteiger partial charge on any atom is 0.337 e. The van der Waals surface area contributed by atoms with E-state index < -0.39 is 11.9 Å². The van der Waals surface area contributed by atoms with Crippen LogP contribution in [0, 0.1) is 0 Å². The van der Waals surface area contributed by atoms with Crippen LogP contribution < -0.4 is 19.9 Å². The fourth-order valence-corrected chi connectivity index (χ4v) is 4.83. The summed E-state index contributed by atoms with van der Waals surface area (Å²) >= 11 is 0. The lowest BCUT2D eigenvalue weighted by Crippen LogP contribution is -2.17. The molecule has 0 radical (unpaired) electrons. The average molecular weight is 533 g/mol. The molecule has 5 rings (SSSR count). The number of carbonyl (C=O) groups excluding carboxylic acids is 2. The van der Waals surface area contributed by atoms with Crippen molar-refractivity contribution in [1.82, 2.24) is 0 Å². The molecular weight excluding hydrogens is 504 g/mol. The van der Waals surface area contributed by atoms with Crippen LogP contribution in [0.15, 0.2) is 84.9 Å². The Balaban J connectivity index is 1.94. The summed E-state index contributed by atoms with van der Waals surface area (Å²) in [6.07, 6.45) is 4.14. The third kappa shape index (κ3) is 5.12. The predicted molar refractivity (Wildman–Crippen MR) is 157 cm³/mol. The van der Waals surface area contributed by atoms with Crippen molar-refractivity contribution < 1.29 is 28.5 Å². The number of esters is 2. The van der Waals surface area contributed by atoms with Gasteiger partial charge in [-0.05, 0) is 104 Å². The molecule has 0 aromatic heterocycles. The molecule has 0 aliphatic heterocycles. The van der Waals surface area contributed by atoms with Gasteiger partial charge in [-0.2, -0.15) is 0 Å². The first-order chi connectivity index (χ1) is 19.4. The highest BCUT2D eigenvalue weighted by Crippen LogP contribution is 2.21. The molecule has 0 amide bonds. The Hall–Kier alpha value is -5.10. The number of benzene rings is 5. The first kappa shape index (κ1) is 26.5. The van der Waals surface area contributed by atoms with Crippen LogP contribution in [0.25, 0.3) is 33.7 Å². The maximum atomic E-state index is 12.5. The molecule has 0 fully saturated rings. The molecule has 0 atom stereocenters. The molecule has 0 spiro atoms. The van der Waals surface area contributed by atoms with Crippen molar-refractivity contribution in [1.29, 1.82) is 0 Å². The number of rotatable bonds is 6. The van der Waals surface area contributed by atoms with E-state index in [9.17, 15) is 9.59 Å². The van der Waals surface area contributed by atoms with Crippen LogP contribution in [-0.4, -0.2) is 40.4 Å². The molecule has 6 nitrogen and oxygen atoms in total. The molecule has 40 heavy (non-hydrogen) atoms. The normalized spacial score (nSPS) is 12.0. The molecule has 0 unspecified atom stereocenters. The summed E-state index contributed by atoms with van der Waals surface area (Å²) in [5.41, 5.74) is 2.80. The van der Waals surface area contributed by atoms with Crippen LogP contribution in [0.5, 0.6) is 11.5 Å². The zero-order valence-electron chi connectivity index (χ0n) is 22.7. The summed E-state index contributed by atoms with van der Waals surface area (Å²) in [7, 11) is 6.00. The molecule has 5 aromatic carbocycles. The second kappa shape index (κ2) is 11.3. The topological polar surface area (TPSA) is 71.1 Å². The van der Waals surface area contributed by atoms with Gasteiger partial charge in [0.1, 0.15) is 11.5 Å². The van der Waals surface area contributed by atoms with E-state index in [1.54, 1.807) is 26.4 Å². The number of hydrogen-bond acceptors (Lipinski definition) is 6. The van der Waals surface area contributed by atoms with Crippen molar-refractivity contribution in [2.45, 2.75) is 0 Å². The Bertz CT molecular complexity index is 1710. The zero-order valence-corrected chi connectivity index (χ0v) is 22.7. The van der Waals surface area contributed by atoms with Crippen molar-refractivity contribution in [2.75, 3.05) is 28.4 Å². The molecule has 0 heterocycles. The van der Waals surface area contributed by atoms with Gasteiger partial charge < -0.3 is 18.9 Å². The van der Waals surface area contributed by atoms with Gasteiger partial charge >= 0.3 is 11.9 Å². The molecule has 5 aromatic rings. The van der Waals surface area contributed by atoms with Crippen molar-refractivity contribution in [2.24, 2.45) is 0 Å². The third-order valence-electron chi connectivity index (χ3n) is 6.90. The minimum absolute atomic E-state index is 0.417. The summed E-state index contributed by atoms with van der Waals surface area (Å²) in [5, 5.41) is 5.39. The predicted octanol–water partition coefficient (Wildman–Crippen LogP) is 5.24. The standard InChI is InChI=1S/C34H28O6/c1-37-25-11-5-21(6-12-25)17-29-27-15-9-24(34(36)40-4)20-32(27)30(18-22-7-13-26(38-2)14-8-22)28-16-10-23(19-31(28)29)33(35)39-3/h5-20H,1-4H3/b29-17-,30-18+. The van der Waals surface area contributed by atoms with Crippen LogP contribution in [0.4, 0.5) is 0 Å². The summed E-state index contributed by atoms with van der Waals surface area (Å²) < 4.78 is 20.7. The summed E-state index contributed by atoms with van der Waals surface area (Å²) in [5.74, 6) is 0.678. The van der Waals surface area contributed by atoms with Crippen molar-refractivity contribution in [3.63, 3.8) is 0 Å². The average Bonchev–Trinajstić information content (AvgIpc) is 3.01. The van der Waals surface area contributed by atoms with Gasteiger partial charge in [0.25, 0.3) is 0 Å². The lowest BCUT2D eigenvalue weighted by molar-refractivity contribution is 0.0592. The quantitative estimate of drug-likeness (QED) is 0.220. The lowest BCUT2D eigenvalue weighted by atomic mass is 9.93. The largest absolute Gasteiger partial charge is 0.497 e. The summed E-state index contributed by atoms with van der Waals surface area (Å²) in [6.45, 7) is 0. The van der Waals surface area contributed by atoms with Crippen LogP contribution >= 0.6 is 0 Å². The van der Waals surface area contributed by atoms with Crippen molar-refractivity contribution in [3.8, 4) is 11.5 Å². The van der Waals surface area contributed by atoms with Gasteiger partial charge in [-0.15, -0.1) is 0 Å². The fraction of sp³-hybridized carbons (Fsp3) is 0.118. The highest BCUT2D eigenvalue weighted by atomic mass is 16.5. The number of carbonyl (C=O) groups is 2. The second-order valence-corrected chi connectivity index (χ2v) is 9.17. The number of methoxy groups -OCH3 is 4. The molecule has 0 bridgehead atoms. The fourth-order valence-electron chi connectivity index (χ4n) is 4.83. The molecule has 200 valence electrons. The smallest absolute Gasteiger partial charge is 0.337 e. The Labute approximate surface area is 231 Å². The minimum Gasteiger partial charge on any atom is -0.497 e. The zero-order chi connectivity index (χ0) is 28.2. The van der Waals surface area contributed by atoms with Crippen LogP contribution in [-0.2, 0) is 9.47 Å². The highest BCUT2D eigenvalue weighted by Gasteiger charge is 2.14. The monoisotopic (exact) mass is 532 g/mol. The van der Waals surface area contributed by atoms with Gasteiger partial charge in [-0.25, -0.2) is 9.59 Å². The van der Waals surface area contributed by atoms with Gasteiger partial charge in [-0.1, -0.05) is 36.4 Å². The van der Waals surface area contributed by atoms with Gasteiger partial charge in [-0.3, -0.25) is 0 Å². The van der Waals surface area contributed by atoms with Gasteiger partial charge in [0.05, 0.1) is 39.6 Å². The Morgan fingerprint density at radius 2 is 0.875 bits per heavy atom. The van der Waals surface area contributed by atoms with Crippen molar-refractivity contribution in [3.05, 3.63) is 118 Å². The van der Waals surface area contributed by atoms with Crippen molar-refractivity contribution >= 4 is 45.6 Å². The van der Waals surface area contributed by atoms with E-state index in [-0.39, 0.29) is 0 Å². The lowest BCUT2D eigenvalue weighted by Gasteiger charge is -2.11. The molecule has 0 N–H and O–H groups in total. The second-order valence-electron chi connectivity index (χ2n) is 9.17. The minimum atomic E-state index is -0.417. The van der Waals surface area contributed by atoms with Gasteiger partial charge in [0, 0.05) is 0 Å². The highest BCUT2D eigenvalue weighted by molar-refractivity contribution is 6.06.